The normalized spacial score (nSPS) is 12.7. The average Bonchev–Trinajstić information content (AvgIpc) is 2.69. The Kier molecular flexibility index (Phi) is 4.88. The predicted octanol–water partition coefficient (Wildman–Crippen LogP) is 5.01. The van der Waals surface area contributed by atoms with Gasteiger partial charge in [0.25, 0.3) is 0 Å². The van der Waals surface area contributed by atoms with Crippen LogP contribution in [-0.4, -0.2) is 0 Å². The van der Waals surface area contributed by atoms with Crippen LogP contribution in [0.15, 0.2) is 34.1 Å². The lowest BCUT2D eigenvalue weighted by molar-refractivity contribution is 0.725. The van der Waals surface area contributed by atoms with Crippen molar-refractivity contribution in [2.45, 2.75) is 12.5 Å². The summed E-state index contributed by atoms with van der Waals surface area (Å²) < 4.78 is 2.25. The van der Waals surface area contributed by atoms with Gasteiger partial charge in [-0.25, -0.2) is 0 Å². The van der Waals surface area contributed by atoms with Gasteiger partial charge in [-0.3, -0.25) is 0 Å². The summed E-state index contributed by atoms with van der Waals surface area (Å²) in [6, 6.07) is 8.05. The van der Waals surface area contributed by atoms with Gasteiger partial charge in [0.05, 0.1) is 2.88 Å². The van der Waals surface area contributed by atoms with Gasteiger partial charge in [-0.15, -0.1) is 11.3 Å². The lowest BCUT2D eigenvalue weighted by Gasteiger charge is -2.11. The SMILES string of the molecule is NC(Cc1ccc(Br)cc1Cl)c1csc(I)c1. The van der Waals surface area contributed by atoms with Gasteiger partial charge in [0, 0.05) is 15.5 Å². The van der Waals surface area contributed by atoms with Crippen molar-refractivity contribution in [1.82, 2.24) is 0 Å². The number of rotatable bonds is 3. The molecule has 1 atom stereocenters. The molecule has 2 rings (SSSR count). The second-order valence-corrected chi connectivity index (χ2v) is 7.86. The van der Waals surface area contributed by atoms with Crippen LogP contribution in [-0.2, 0) is 6.42 Å². The van der Waals surface area contributed by atoms with Crippen LogP contribution >= 0.6 is 61.5 Å². The Bertz CT molecular complexity index is 529. The molecule has 0 aliphatic carbocycles. The molecule has 1 unspecified atom stereocenters. The molecule has 0 spiro atoms. The molecule has 5 heteroatoms. The van der Waals surface area contributed by atoms with Crippen LogP contribution < -0.4 is 5.73 Å². The number of thiophene rings is 1. The van der Waals surface area contributed by atoms with Gasteiger partial charge in [0.15, 0.2) is 0 Å². The molecule has 0 aliphatic rings. The van der Waals surface area contributed by atoms with E-state index in [2.05, 4.69) is 50.0 Å². The molecule has 0 amide bonds. The molecule has 0 saturated heterocycles. The molecule has 2 N–H and O–H groups in total. The van der Waals surface area contributed by atoms with Crippen LogP contribution in [0.2, 0.25) is 5.02 Å². The fourth-order valence-electron chi connectivity index (χ4n) is 1.56. The largest absolute Gasteiger partial charge is 0.324 e. The van der Waals surface area contributed by atoms with E-state index in [1.807, 2.05) is 18.2 Å². The van der Waals surface area contributed by atoms with E-state index in [1.54, 1.807) is 11.3 Å². The minimum atomic E-state index is 0.00782. The monoisotopic (exact) mass is 441 g/mol. The van der Waals surface area contributed by atoms with Gasteiger partial charge in [-0.1, -0.05) is 33.6 Å². The summed E-state index contributed by atoms with van der Waals surface area (Å²) in [4.78, 5) is 0. The zero-order chi connectivity index (χ0) is 12.4. The number of hydrogen-bond donors (Lipinski definition) is 1. The minimum Gasteiger partial charge on any atom is -0.324 e. The molecule has 1 aromatic heterocycles. The molecule has 0 aliphatic heterocycles. The summed E-state index contributed by atoms with van der Waals surface area (Å²) in [6.45, 7) is 0. The summed E-state index contributed by atoms with van der Waals surface area (Å²) in [5.41, 5.74) is 8.45. The van der Waals surface area contributed by atoms with E-state index >= 15 is 0 Å². The fourth-order valence-corrected chi connectivity index (χ4v) is 3.75. The third kappa shape index (κ3) is 3.67. The Hall–Kier alpha value is 0.380. The van der Waals surface area contributed by atoms with Crippen molar-refractivity contribution in [2.24, 2.45) is 5.73 Å². The van der Waals surface area contributed by atoms with Crippen molar-refractivity contribution in [2.75, 3.05) is 0 Å². The van der Waals surface area contributed by atoms with Crippen LogP contribution in [0.5, 0.6) is 0 Å². The number of benzene rings is 1. The predicted molar refractivity (Wildman–Crippen MR) is 86.8 cm³/mol. The highest BCUT2D eigenvalue weighted by molar-refractivity contribution is 14.1. The van der Waals surface area contributed by atoms with Crippen LogP contribution in [0.4, 0.5) is 0 Å². The van der Waals surface area contributed by atoms with E-state index in [0.29, 0.717) is 0 Å². The smallest absolute Gasteiger partial charge is 0.0656 e. The van der Waals surface area contributed by atoms with E-state index in [0.717, 1.165) is 21.5 Å². The molecule has 90 valence electrons. The lowest BCUT2D eigenvalue weighted by atomic mass is 10.0. The Balaban J connectivity index is 2.15. The lowest BCUT2D eigenvalue weighted by Crippen LogP contribution is -2.12. The van der Waals surface area contributed by atoms with Gasteiger partial charge in [0.1, 0.15) is 0 Å². The van der Waals surface area contributed by atoms with Crippen LogP contribution in [0.25, 0.3) is 0 Å². The van der Waals surface area contributed by atoms with Crippen molar-refractivity contribution in [3.63, 3.8) is 0 Å². The maximum atomic E-state index is 6.18. The van der Waals surface area contributed by atoms with Crippen molar-refractivity contribution in [3.8, 4) is 0 Å². The van der Waals surface area contributed by atoms with Gasteiger partial charge in [-0.2, -0.15) is 0 Å². The first-order valence-electron chi connectivity index (χ1n) is 4.99. The number of nitrogens with two attached hydrogens (primary N) is 1. The molecule has 0 saturated carbocycles. The Labute approximate surface area is 132 Å². The zero-order valence-corrected chi connectivity index (χ0v) is 14.1. The summed E-state index contributed by atoms with van der Waals surface area (Å²) in [6.07, 6.45) is 0.763. The Morgan fingerprint density at radius 2 is 2.18 bits per heavy atom. The van der Waals surface area contributed by atoms with E-state index in [-0.39, 0.29) is 6.04 Å². The molecule has 1 aromatic carbocycles. The maximum Gasteiger partial charge on any atom is 0.0656 e. The van der Waals surface area contributed by atoms with E-state index in [1.165, 1.54) is 8.45 Å². The van der Waals surface area contributed by atoms with Crippen molar-refractivity contribution in [3.05, 3.63) is 53.2 Å². The highest BCUT2D eigenvalue weighted by atomic mass is 127. The Morgan fingerprint density at radius 3 is 2.76 bits per heavy atom. The quantitative estimate of drug-likeness (QED) is 0.665. The molecule has 17 heavy (non-hydrogen) atoms. The summed E-state index contributed by atoms with van der Waals surface area (Å²) in [7, 11) is 0. The van der Waals surface area contributed by atoms with E-state index < -0.39 is 0 Å². The molecule has 2 aromatic rings. The van der Waals surface area contributed by atoms with Crippen molar-refractivity contribution in [1.29, 1.82) is 0 Å². The first-order chi connectivity index (χ1) is 8.06. The van der Waals surface area contributed by atoms with Crippen LogP contribution in [0.3, 0.4) is 0 Å². The van der Waals surface area contributed by atoms with Gasteiger partial charge in [-0.05, 0) is 63.7 Å². The number of halogens is 3. The first kappa shape index (κ1) is 13.8. The average molecular weight is 443 g/mol. The molecule has 1 nitrogen and oxygen atoms in total. The molecular weight excluding hydrogens is 432 g/mol. The van der Waals surface area contributed by atoms with Crippen LogP contribution in [0, 0.1) is 2.88 Å². The van der Waals surface area contributed by atoms with Crippen LogP contribution in [0.1, 0.15) is 17.2 Å². The molecule has 0 bridgehead atoms. The first-order valence-corrected chi connectivity index (χ1v) is 8.12. The van der Waals surface area contributed by atoms with Crippen molar-refractivity contribution >= 4 is 61.5 Å². The highest BCUT2D eigenvalue weighted by Gasteiger charge is 2.11. The standard InChI is InChI=1S/C12H10BrClINS/c13-9-2-1-7(10(14)5-9)3-11(16)8-4-12(15)17-6-8/h1-2,4-6,11H,3,16H2. The second-order valence-electron chi connectivity index (χ2n) is 3.73. The second kappa shape index (κ2) is 6.02. The summed E-state index contributed by atoms with van der Waals surface area (Å²) >= 11 is 13.6. The van der Waals surface area contributed by atoms with Crippen molar-refractivity contribution < 1.29 is 0 Å². The number of hydrogen-bond acceptors (Lipinski definition) is 2. The van der Waals surface area contributed by atoms with Gasteiger partial charge >= 0.3 is 0 Å². The highest BCUT2D eigenvalue weighted by Crippen LogP contribution is 2.27. The summed E-state index contributed by atoms with van der Waals surface area (Å²) in [5, 5.41) is 2.87. The molecular formula is C12H10BrClINS. The zero-order valence-electron chi connectivity index (χ0n) is 8.79. The Morgan fingerprint density at radius 1 is 1.41 bits per heavy atom. The van der Waals surface area contributed by atoms with E-state index in [4.69, 9.17) is 17.3 Å². The van der Waals surface area contributed by atoms with E-state index in [9.17, 15) is 0 Å². The topological polar surface area (TPSA) is 26.0 Å². The fraction of sp³-hybridized carbons (Fsp3) is 0.167. The molecule has 1 heterocycles. The minimum absolute atomic E-state index is 0.00782. The third-order valence-corrected chi connectivity index (χ3v) is 5.12. The third-order valence-electron chi connectivity index (χ3n) is 2.47. The summed E-state index contributed by atoms with van der Waals surface area (Å²) in [5.74, 6) is 0. The molecule has 0 radical (unpaired) electrons. The van der Waals surface area contributed by atoms with Gasteiger partial charge < -0.3 is 5.73 Å². The molecule has 0 fully saturated rings. The van der Waals surface area contributed by atoms with Gasteiger partial charge in [0.2, 0.25) is 0 Å². The maximum absolute atomic E-state index is 6.18.